The molecule has 0 saturated carbocycles. The van der Waals surface area contributed by atoms with E-state index in [1.54, 1.807) is 37.6 Å². The van der Waals surface area contributed by atoms with Crippen LogP contribution in [0, 0.1) is 6.92 Å². The van der Waals surface area contributed by atoms with Crippen LogP contribution < -0.4 is 21.1 Å². The van der Waals surface area contributed by atoms with Crippen molar-refractivity contribution in [2.45, 2.75) is 18.9 Å². The average molecular weight is 353 g/mol. The van der Waals surface area contributed by atoms with Crippen LogP contribution >= 0.6 is 0 Å². The van der Waals surface area contributed by atoms with Crippen LogP contribution in [0.3, 0.4) is 0 Å². The highest BCUT2D eigenvalue weighted by Crippen LogP contribution is 2.30. The van der Waals surface area contributed by atoms with E-state index < -0.39 is 18.5 Å². The Morgan fingerprint density at radius 1 is 1.24 bits per heavy atom. The molecule has 1 aliphatic heterocycles. The molecule has 134 valence electrons. The molecular formula is C16H18F3N5O. The molecule has 0 amide bonds. The minimum atomic E-state index is -4.40. The highest BCUT2D eigenvalue weighted by atomic mass is 19.4. The van der Waals surface area contributed by atoms with Gasteiger partial charge in [0.25, 0.3) is 0 Å². The number of aryl methyl sites for hydroxylation is 1. The summed E-state index contributed by atoms with van der Waals surface area (Å²) in [4.78, 5) is 6.59. The number of nitrogens with one attached hydrogen (secondary N) is 3. The summed E-state index contributed by atoms with van der Waals surface area (Å²) in [5, 5.41) is 5.95. The fourth-order valence-electron chi connectivity index (χ4n) is 2.71. The Morgan fingerprint density at radius 2 is 2.00 bits per heavy atom. The van der Waals surface area contributed by atoms with E-state index in [1.165, 1.54) is 0 Å². The van der Waals surface area contributed by atoms with Crippen LogP contribution in [-0.4, -0.2) is 30.7 Å². The topological polar surface area (TPSA) is 87.5 Å². The normalized spacial score (nSPS) is 21.4. The van der Waals surface area contributed by atoms with Crippen molar-refractivity contribution in [2.24, 2.45) is 10.7 Å². The van der Waals surface area contributed by atoms with Gasteiger partial charge in [-0.2, -0.15) is 13.2 Å². The summed E-state index contributed by atoms with van der Waals surface area (Å²) < 4.78 is 42.9. The Balaban J connectivity index is 1.99. The number of hydrogen-bond donors (Lipinski definition) is 4. The van der Waals surface area contributed by atoms with Crippen LogP contribution in [-0.2, 0) is 5.79 Å². The van der Waals surface area contributed by atoms with Gasteiger partial charge in [-0.3, -0.25) is 10.7 Å². The molecule has 0 radical (unpaired) electrons. The number of nitrogens with zero attached hydrogens (tertiary/aromatic N) is 1. The number of benzene rings is 1. The van der Waals surface area contributed by atoms with Crippen molar-refractivity contribution in [3.05, 3.63) is 47.2 Å². The van der Waals surface area contributed by atoms with E-state index in [9.17, 15) is 13.2 Å². The first-order valence-electron chi connectivity index (χ1n) is 7.51. The Hall–Kier alpha value is -2.68. The predicted molar refractivity (Wildman–Crippen MR) is 88.6 cm³/mol. The van der Waals surface area contributed by atoms with Crippen molar-refractivity contribution < 1.29 is 17.9 Å². The first-order chi connectivity index (χ1) is 11.7. The van der Waals surface area contributed by atoms with Gasteiger partial charge >= 0.3 is 6.18 Å². The van der Waals surface area contributed by atoms with Gasteiger partial charge in [0.15, 0.2) is 5.79 Å². The molecule has 1 aromatic heterocycles. The van der Waals surface area contributed by atoms with Crippen molar-refractivity contribution in [3.63, 3.8) is 0 Å². The van der Waals surface area contributed by atoms with Gasteiger partial charge in [-0.25, -0.2) is 0 Å². The lowest BCUT2D eigenvalue weighted by Gasteiger charge is -2.38. The number of halogens is 3. The second-order valence-corrected chi connectivity index (χ2v) is 5.79. The molecule has 0 spiro atoms. The lowest BCUT2D eigenvalue weighted by Crippen LogP contribution is -2.61. The van der Waals surface area contributed by atoms with E-state index in [1.807, 2.05) is 6.92 Å². The van der Waals surface area contributed by atoms with Gasteiger partial charge in [-0.15, -0.1) is 0 Å². The fourth-order valence-corrected chi connectivity index (χ4v) is 2.71. The van der Waals surface area contributed by atoms with Crippen molar-refractivity contribution >= 4 is 11.7 Å². The maximum Gasteiger partial charge on any atom is 0.408 e. The lowest BCUT2D eigenvalue weighted by atomic mass is 10.0. The third kappa shape index (κ3) is 3.41. The Labute approximate surface area is 142 Å². The second-order valence-electron chi connectivity index (χ2n) is 5.79. The second kappa shape index (κ2) is 5.99. The third-order valence-electron chi connectivity index (χ3n) is 3.91. The highest BCUT2D eigenvalue weighted by Gasteiger charge is 2.36. The number of hydrogen-bond acceptors (Lipinski definition) is 4. The van der Waals surface area contributed by atoms with Crippen LogP contribution in [0.2, 0.25) is 0 Å². The molecule has 2 heterocycles. The molecule has 25 heavy (non-hydrogen) atoms. The molecule has 1 aromatic carbocycles. The smallest absolute Gasteiger partial charge is 0.408 e. The van der Waals surface area contributed by atoms with Crippen molar-refractivity contribution in [1.29, 1.82) is 0 Å². The SMILES string of the molecule is COc1ccc(C2(N)NC(=NCC(F)(F)F)c3cc[nH]c3N2)cc1C. The number of aromatic amines is 1. The van der Waals surface area contributed by atoms with Crippen molar-refractivity contribution in [2.75, 3.05) is 19.0 Å². The molecule has 2 aromatic rings. The molecule has 0 bridgehead atoms. The molecular weight excluding hydrogens is 335 g/mol. The zero-order valence-corrected chi connectivity index (χ0v) is 13.7. The van der Waals surface area contributed by atoms with Crippen LogP contribution in [0.15, 0.2) is 35.5 Å². The summed E-state index contributed by atoms with van der Waals surface area (Å²) in [6.07, 6.45) is -2.79. The summed E-state index contributed by atoms with van der Waals surface area (Å²) in [6, 6.07) is 6.91. The Bertz CT molecular complexity index is 814. The van der Waals surface area contributed by atoms with E-state index >= 15 is 0 Å². The number of amidine groups is 1. The van der Waals surface area contributed by atoms with E-state index in [0.29, 0.717) is 22.7 Å². The number of alkyl halides is 3. The van der Waals surface area contributed by atoms with Crippen LogP contribution in [0.4, 0.5) is 19.0 Å². The number of anilines is 1. The first-order valence-corrected chi connectivity index (χ1v) is 7.51. The number of aromatic nitrogens is 1. The molecule has 5 N–H and O–H groups in total. The van der Waals surface area contributed by atoms with Crippen LogP contribution in [0.25, 0.3) is 0 Å². The Kier molecular flexibility index (Phi) is 4.11. The number of ether oxygens (including phenoxy) is 1. The van der Waals surface area contributed by atoms with Gasteiger partial charge in [-0.1, -0.05) is 0 Å². The van der Waals surface area contributed by atoms with E-state index in [-0.39, 0.29) is 5.84 Å². The number of rotatable bonds is 3. The fraction of sp³-hybridized carbons (Fsp3) is 0.312. The molecule has 0 fully saturated rings. The highest BCUT2D eigenvalue weighted by molar-refractivity contribution is 6.05. The quantitative estimate of drug-likeness (QED) is 0.683. The Morgan fingerprint density at radius 3 is 2.64 bits per heavy atom. The van der Waals surface area contributed by atoms with Crippen molar-refractivity contribution in [1.82, 2.24) is 10.3 Å². The number of nitrogens with two attached hydrogens (primary N) is 1. The van der Waals surface area contributed by atoms with E-state index in [2.05, 4.69) is 20.6 Å². The molecule has 1 aliphatic rings. The van der Waals surface area contributed by atoms with Gasteiger partial charge in [0.2, 0.25) is 0 Å². The molecule has 0 aliphatic carbocycles. The standard InChI is InChI=1S/C16H18F3N5O/c1-9-7-10(3-4-12(9)25-2)16(20)23-13-11(5-6-21-13)14(24-16)22-8-15(17,18)19/h3-7,21,23H,8,20H2,1-2H3,(H,22,24). The maximum atomic E-state index is 12.6. The summed E-state index contributed by atoms with van der Waals surface area (Å²) in [6.45, 7) is 0.560. The van der Waals surface area contributed by atoms with Gasteiger partial charge < -0.3 is 20.4 Å². The summed E-state index contributed by atoms with van der Waals surface area (Å²) in [7, 11) is 1.56. The number of aliphatic imine (C=N–C) groups is 1. The maximum absolute atomic E-state index is 12.6. The molecule has 1 atom stereocenters. The van der Waals surface area contributed by atoms with Crippen LogP contribution in [0.5, 0.6) is 5.75 Å². The van der Waals surface area contributed by atoms with Gasteiger partial charge in [0.05, 0.1) is 12.7 Å². The van der Waals surface area contributed by atoms with E-state index in [0.717, 1.165) is 5.56 Å². The molecule has 1 unspecified atom stereocenters. The molecule has 3 rings (SSSR count). The minimum absolute atomic E-state index is 0.0725. The monoisotopic (exact) mass is 353 g/mol. The molecule has 6 nitrogen and oxygen atoms in total. The van der Waals surface area contributed by atoms with E-state index in [4.69, 9.17) is 10.5 Å². The third-order valence-corrected chi connectivity index (χ3v) is 3.91. The summed E-state index contributed by atoms with van der Waals surface area (Å²) >= 11 is 0. The number of fused-ring (bicyclic) bond motifs is 1. The number of H-pyrrole nitrogens is 1. The summed E-state index contributed by atoms with van der Waals surface area (Å²) in [5.41, 5.74) is 8.37. The van der Waals surface area contributed by atoms with Crippen molar-refractivity contribution in [3.8, 4) is 5.75 Å². The summed E-state index contributed by atoms with van der Waals surface area (Å²) in [5.74, 6) is -0.0621. The minimum Gasteiger partial charge on any atom is -0.496 e. The van der Waals surface area contributed by atoms with Crippen LogP contribution in [0.1, 0.15) is 16.7 Å². The first kappa shape index (κ1) is 17.2. The van der Waals surface area contributed by atoms with Gasteiger partial charge in [0, 0.05) is 11.8 Å². The zero-order valence-electron chi connectivity index (χ0n) is 13.7. The lowest BCUT2D eigenvalue weighted by molar-refractivity contribution is -0.118. The van der Waals surface area contributed by atoms with Gasteiger partial charge in [-0.05, 0) is 36.8 Å². The molecule has 9 heteroatoms. The average Bonchev–Trinajstić information content (AvgIpc) is 2.99. The largest absolute Gasteiger partial charge is 0.496 e. The van der Waals surface area contributed by atoms with Gasteiger partial charge in [0.1, 0.15) is 23.9 Å². The number of methoxy groups -OCH3 is 1. The zero-order chi connectivity index (χ0) is 18.2. The molecule has 0 saturated heterocycles. The predicted octanol–water partition coefficient (Wildman–Crippen LogP) is 2.42.